The zero-order chi connectivity index (χ0) is 42.0. The zero-order valence-corrected chi connectivity index (χ0v) is 33.6. The second kappa shape index (κ2) is 18.9. The number of ether oxygens (including phenoxy) is 3. The molecule has 2 atom stereocenters. The number of methoxy groups -OCH3 is 1. The minimum Gasteiger partial charge on any atom is -0.496 e. The summed E-state index contributed by atoms with van der Waals surface area (Å²) in [7, 11) is 1.51. The summed E-state index contributed by atoms with van der Waals surface area (Å²) in [6.45, 7) is 8.61. The lowest BCUT2D eigenvalue weighted by Gasteiger charge is -2.34. The lowest BCUT2D eigenvalue weighted by Crippen LogP contribution is -2.59. The number of rotatable bonds is 15. The van der Waals surface area contributed by atoms with Crippen LogP contribution in [0.15, 0.2) is 91.4 Å². The third-order valence-electron chi connectivity index (χ3n) is 9.52. The summed E-state index contributed by atoms with van der Waals surface area (Å²) < 4.78 is 31.9. The zero-order valence-electron chi connectivity index (χ0n) is 33.6. The number of hydrogen-bond donors (Lipinski definition) is 3. The molecule has 1 saturated heterocycles. The molecule has 3 aromatic carbocycles. The maximum Gasteiger partial charge on any atom is 0.408 e. The maximum atomic E-state index is 14.4. The number of nitrogens with one attached hydrogen (secondary N) is 3. The van der Waals surface area contributed by atoms with Gasteiger partial charge in [0.1, 0.15) is 34.8 Å². The number of hydrogen-bond acceptors (Lipinski definition) is 9. The summed E-state index contributed by atoms with van der Waals surface area (Å²) in [5, 5.41) is 7.97. The van der Waals surface area contributed by atoms with Gasteiger partial charge in [0.2, 0.25) is 11.8 Å². The van der Waals surface area contributed by atoms with Crippen LogP contribution in [-0.2, 0) is 30.5 Å². The number of carbonyl (C=O) groups is 5. The number of ketones is 1. The largest absolute Gasteiger partial charge is 0.496 e. The molecule has 0 bridgehead atoms. The van der Waals surface area contributed by atoms with Gasteiger partial charge in [-0.2, -0.15) is 0 Å². The monoisotopic (exact) mass is 798 g/mol. The van der Waals surface area contributed by atoms with E-state index in [4.69, 9.17) is 14.2 Å². The fraction of sp³-hybridized carbons (Fsp3) is 0.395. The second-order valence-corrected chi connectivity index (χ2v) is 15.6. The maximum absolute atomic E-state index is 14.4. The smallest absolute Gasteiger partial charge is 0.408 e. The van der Waals surface area contributed by atoms with E-state index in [1.165, 1.54) is 57.7 Å². The van der Waals surface area contributed by atoms with Crippen LogP contribution in [0.4, 0.5) is 15.0 Å². The normalized spacial score (nSPS) is 14.5. The van der Waals surface area contributed by atoms with Crippen LogP contribution in [0.25, 0.3) is 0 Å². The Bertz CT molecular complexity index is 2060. The Balaban J connectivity index is 1.33. The van der Waals surface area contributed by atoms with E-state index in [1.54, 1.807) is 54.5 Å². The average molecular weight is 799 g/mol. The first-order valence-corrected chi connectivity index (χ1v) is 19.0. The van der Waals surface area contributed by atoms with E-state index in [-0.39, 0.29) is 36.6 Å². The van der Waals surface area contributed by atoms with Gasteiger partial charge in [-0.3, -0.25) is 19.2 Å². The highest BCUT2D eigenvalue weighted by atomic mass is 19.1. The number of carbonyl (C=O) groups excluding carboxylic acids is 5. The second-order valence-electron chi connectivity index (χ2n) is 15.6. The summed E-state index contributed by atoms with van der Waals surface area (Å²) in [5.41, 5.74) is -0.445. The number of aromatic nitrogens is 2. The number of piperidine rings is 1. The van der Waals surface area contributed by atoms with Crippen LogP contribution in [0.2, 0.25) is 0 Å². The van der Waals surface area contributed by atoms with Crippen molar-refractivity contribution in [3.63, 3.8) is 0 Å². The van der Waals surface area contributed by atoms with Gasteiger partial charge in [-0.15, -0.1) is 0 Å². The molecular weight excluding hydrogens is 748 g/mol. The quantitative estimate of drug-likeness (QED) is 0.128. The van der Waals surface area contributed by atoms with E-state index in [1.807, 2.05) is 30.3 Å². The Morgan fingerprint density at radius 3 is 2.21 bits per heavy atom. The minimum atomic E-state index is -1.48. The van der Waals surface area contributed by atoms with E-state index in [9.17, 15) is 28.4 Å². The fourth-order valence-electron chi connectivity index (χ4n) is 6.46. The molecule has 4 amide bonds. The number of anilines is 1. The molecule has 5 rings (SSSR count). The van der Waals surface area contributed by atoms with Crippen molar-refractivity contribution < 1.29 is 42.6 Å². The van der Waals surface area contributed by atoms with Gasteiger partial charge in [0.05, 0.1) is 26.7 Å². The standard InChI is InChI=1S/C43H51FN6O8/c1-42(2,3)58-41(55)48-43(4,5)40(54)46-33(26-57-25-28-12-8-7-9-13-28)38(52)47-35-24-50(27-45-35)36(32-14-10-11-15-34(32)56-6)39(53)49-22-20-30(21-23-49)37(51)29-16-18-31(44)19-17-29/h7-19,24,27,30,33,36H,20-23,25-26H2,1-6H3,(H,46,54)(H,47,52)(H,48,55)/t33-,36?/m1/s1. The average Bonchev–Trinajstić information content (AvgIpc) is 3.64. The van der Waals surface area contributed by atoms with Gasteiger partial charge in [-0.05, 0) is 83.4 Å². The van der Waals surface area contributed by atoms with Gasteiger partial charge in [0.15, 0.2) is 11.6 Å². The molecule has 1 unspecified atom stereocenters. The van der Waals surface area contributed by atoms with Crippen LogP contribution in [0.5, 0.6) is 5.75 Å². The highest BCUT2D eigenvalue weighted by Gasteiger charge is 2.36. The first-order chi connectivity index (χ1) is 27.5. The van der Waals surface area contributed by atoms with E-state index >= 15 is 0 Å². The van der Waals surface area contributed by atoms with Crippen LogP contribution in [0.1, 0.15) is 75.0 Å². The first kappa shape index (κ1) is 43.0. The number of likely N-dealkylation sites (tertiary alicyclic amines) is 1. The number of nitrogens with zero attached hydrogens (tertiary/aromatic N) is 3. The molecule has 2 heterocycles. The van der Waals surface area contributed by atoms with Gasteiger partial charge in [-0.25, -0.2) is 14.2 Å². The van der Waals surface area contributed by atoms with Crippen LogP contribution < -0.4 is 20.7 Å². The summed E-state index contributed by atoms with van der Waals surface area (Å²) in [5.74, 6) is -1.88. The van der Waals surface area contributed by atoms with E-state index < -0.39 is 46.9 Å². The molecule has 0 aliphatic carbocycles. The lowest BCUT2D eigenvalue weighted by atomic mass is 9.88. The topological polar surface area (TPSA) is 170 Å². The molecule has 0 saturated carbocycles. The minimum absolute atomic E-state index is 0.0915. The van der Waals surface area contributed by atoms with Crippen LogP contribution in [0.3, 0.4) is 0 Å². The molecule has 1 aromatic heterocycles. The van der Waals surface area contributed by atoms with Crippen LogP contribution in [0, 0.1) is 11.7 Å². The fourth-order valence-corrected chi connectivity index (χ4v) is 6.46. The molecule has 1 aliphatic heterocycles. The van der Waals surface area contributed by atoms with E-state index in [0.717, 1.165) is 5.56 Å². The summed E-state index contributed by atoms with van der Waals surface area (Å²) in [6.07, 6.45) is 2.98. The predicted octanol–water partition coefficient (Wildman–Crippen LogP) is 5.69. The molecule has 15 heteroatoms. The van der Waals surface area contributed by atoms with E-state index in [0.29, 0.717) is 42.8 Å². The number of imidazole rings is 1. The van der Waals surface area contributed by atoms with E-state index in [2.05, 4.69) is 20.9 Å². The number of halogens is 1. The molecule has 58 heavy (non-hydrogen) atoms. The van der Waals surface area contributed by atoms with Crippen molar-refractivity contribution in [2.75, 3.05) is 32.1 Å². The number of para-hydroxylation sites is 1. The highest BCUT2D eigenvalue weighted by molar-refractivity contribution is 5.99. The molecule has 0 radical (unpaired) electrons. The van der Waals surface area contributed by atoms with Gasteiger partial charge >= 0.3 is 6.09 Å². The number of amides is 4. The Hall–Kier alpha value is -6.09. The third kappa shape index (κ3) is 11.5. The summed E-state index contributed by atoms with van der Waals surface area (Å²) in [6, 6.07) is 19.7. The Labute approximate surface area is 337 Å². The van der Waals surface area contributed by atoms with Crippen molar-refractivity contribution in [3.8, 4) is 5.75 Å². The molecule has 1 aliphatic rings. The molecular formula is C43H51FN6O8. The van der Waals surface area contributed by atoms with Crippen LogP contribution in [-0.4, -0.2) is 88.0 Å². The van der Waals surface area contributed by atoms with Crippen LogP contribution >= 0.6 is 0 Å². The molecule has 1 fully saturated rings. The molecule has 14 nitrogen and oxygen atoms in total. The predicted molar refractivity (Wildman–Crippen MR) is 214 cm³/mol. The molecule has 0 spiro atoms. The molecule has 3 N–H and O–H groups in total. The Kier molecular flexibility index (Phi) is 14.0. The SMILES string of the molecule is COc1ccccc1C(C(=O)N1CCC(C(=O)c2ccc(F)cc2)CC1)n1cnc(NC(=O)[C@@H](COCc2ccccc2)NC(=O)C(C)(C)NC(=O)OC(C)(C)C)c1. The number of alkyl carbamates (subject to hydrolysis) is 1. The van der Waals surface area contributed by atoms with Crippen molar-refractivity contribution in [3.05, 3.63) is 114 Å². The Morgan fingerprint density at radius 2 is 1.55 bits per heavy atom. The van der Waals surface area contributed by atoms with Crippen molar-refractivity contribution in [1.82, 2.24) is 25.1 Å². The Morgan fingerprint density at radius 1 is 0.897 bits per heavy atom. The highest BCUT2D eigenvalue weighted by Crippen LogP contribution is 2.32. The van der Waals surface area contributed by atoms with Gasteiger partial charge < -0.3 is 39.6 Å². The summed E-state index contributed by atoms with van der Waals surface area (Å²) >= 11 is 0. The number of benzene rings is 3. The molecule has 308 valence electrons. The lowest BCUT2D eigenvalue weighted by molar-refractivity contribution is -0.134. The summed E-state index contributed by atoms with van der Waals surface area (Å²) in [4.78, 5) is 73.6. The van der Waals surface area contributed by atoms with Crippen molar-refractivity contribution >= 4 is 35.4 Å². The van der Waals surface area contributed by atoms with Gasteiger partial charge in [0, 0.05) is 36.3 Å². The number of Topliss-reactive ketones (excluding diaryl/α,β-unsaturated/α-hetero) is 1. The first-order valence-electron chi connectivity index (χ1n) is 19.0. The molecule has 4 aromatic rings. The van der Waals surface area contributed by atoms with Crippen molar-refractivity contribution in [2.24, 2.45) is 5.92 Å². The van der Waals surface area contributed by atoms with Gasteiger partial charge in [-0.1, -0.05) is 48.5 Å². The van der Waals surface area contributed by atoms with Gasteiger partial charge in [0.25, 0.3) is 5.91 Å². The van der Waals surface area contributed by atoms with Crippen molar-refractivity contribution in [2.45, 2.75) is 77.3 Å². The third-order valence-corrected chi connectivity index (χ3v) is 9.52. The van der Waals surface area contributed by atoms with Crippen molar-refractivity contribution in [1.29, 1.82) is 0 Å².